The van der Waals surface area contributed by atoms with Gasteiger partial charge in [-0.05, 0) is 6.92 Å². The molecule has 2 heteroatoms. The zero-order chi connectivity index (χ0) is 6.69. The molecule has 0 radical (unpaired) electrons. The Morgan fingerprint density at radius 2 is 2.56 bits per heavy atom. The van der Waals surface area contributed by atoms with Gasteiger partial charge >= 0.3 is 0 Å². The van der Waals surface area contributed by atoms with Crippen LogP contribution in [0.5, 0.6) is 0 Å². The third-order valence-electron chi connectivity index (χ3n) is 1.26. The molecule has 0 aromatic rings. The summed E-state index contributed by atoms with van der Waals surface area (Å²) in [6.45, 7) is 6.31. The highest BCUT2D eigenvalue weighted by Crippen LogP contribution is 2.13. The van der Waals surface area contributed by atoms with Gasteiger partial charge in [-0.15, -0.1) is 6.58 Å². The number of hydrogen-bond acceptors (Lipinski definition) is 2. The van der Waals surface area contributed by atoms with Crippen LogP contribution in [0.1, 0.15) is 13.3 Å². The average molecular weight is 128 g/mol. The van der Waals surface area contributed by atoms with Crippen LogP contribution in [0, 0.1) is 0 Å². The van der Waals surface area contributed by atoms with Crippen LogP contribution in [0.4, 0.5) is 0 Å². The van der Waals surface area contributed by atoms with Crippen molar-refractivity contribution in [1.29, 1.82) is 0 Å². The van der Waals surface area contributed by atoms with E-state index in [2.05, 4.69) is 6.58 Å². The first-order chi connectivity index (χ1) is 4.33. The lowest BCUT2D eigenvalue weighted by Gasteiger charge is -2.04. The van der Waals surface area contributed by atoms with Crippen LogP contribution in [0.15, 0.2) is 12.7 Å². The van der Waals surface area contributed by atoms with E-state index in [-0.39, 0.29) is 12.4 Å². The maximum atomic E-state index is 5.31. The Morgan fingerprint density at radius 3 is 3.00 bits per heavy atom. The van der Waals surface area contributed by atoms with Crippen molar-refractivity contribution in [1.82, 2.24) is 0 Å². The molecule has 1 saturated heterocycles. The quantitative estimate of drug-likeness (QED) is 0.522. The van der Waals surface area contributed by atoms with Gasteiger partial charge in [0.25, 0.3) is 0 Å². The van der Waals surface area contributed by atoms with Crippen LogP contribution < -0.4 is 0 Å². The SMILES string of the molecule is C=CCC1OCC(C)O1. The van der Waals surface area contributed by atoms with Gasteiger partial charge in [-0.25, -0.2) is 0 Å². The maximum absolute atomic E-state index is 5.31. The Morgan fingerprint density at radius 1 is 1.78 bits per heavy atom. The van der Waals surface area contributed by atoms with Gasteiger partial charge in [0.2, 0.25) is 0 Å². The lowest BCUT2D eigenvalue weighted by Crippen LogP contribution is -2.07. The monoisotopic (exact) mass is 128 g/mol. The van der Waals surface area contributed by atoms with E-state index in [9.17, 15) is 0 Å². The largest absolute Gasteiger partial charge is 0.350 e. The molecule has 0 amide bonds. The molecule has 9 heavy (non-hydrogen) atoms. The molecule has 1 aliphatic heterocycles. The molecule has 1 aliphatic rings. The van der Waals surface area contributed by atoms with Crippen LogP contribution in [-0.4, -0.2) is 19.0 Å². The normalized spacial score (nSPS) is 34.8. The van der Waals surface area contributed by atoms with Crippen molar-refractivity contribution in [3.05, 3.63) is 12.7 Å². The summed E-state index contributed by atoms with van der Waals surface area (Å²) in [4.78, 5) is 0. The van der Waals surface area contributed by atoms with Gasteiger partial charge in [0, 0.05) is 6.42 Å². The second kappa shape index (κ2) is 2.99. The predicted octanol–water partition coefficient (Wildman–Crippen LogP) is 1.32. The first-order valence-corrected chi connectivity index (χ1v) is 3.21. The summed E-state index contributed by atoms with van der Waals surface area (Å²) in [5.41, 5.74) is 0. The Labute approximate surface area is 55.5 Å². The summed E-state index contributed by atoms with van der Waals surface area (Å²) in [5.74, 6) is 0. The molecule has 0 aromatic heterocycles. The van der Waals surface area contributed by atoms with Gasteiger partial charge in [-0.3, -0.25) is 0 Å². The molecule has 0 saturated carbocycles. The van der Waals surface area contributed by atoms with E-state index < -0.39 is 0 Å². The first-order valence-electron chi connectivity index (χ1n) is 3.21. The Kier molecular flexibility index (Phi) is 2.25. The molecule has 0 N–H and O–H groups in total. The fourth-order valence-electron chi connectivity index (χ4n) is 0.840. The summed E-state index contributed by atoms with van der Waals surface area (Å²) in [7, 11) is 0. The van der Waals surface area contributed by atoms with E-state index in [1.807, 2.05) is 13.0 Å². The summed E-state index contributed by atoms with van der Waals surface area (Å²) in [6.07, 6.45) is 2.83. The van der Waals surface area contributed by atoms with Crippen molar-refractivity contribution in [2.45, 2.75) is 25.7 Å². The second-order valence-electron chi connectivity index (χ2n) is 2.23. The highest BCUT2D eigenvalue weighted by molar-refractivity contribution is 4.71. The van der Waals surface area contributed by atoms with Crippen molar-refractivity contribution >= 4 is 0 Å². The molecule has 1 fully saturated rings. The van der Waals surface area contributed by atoms with E-state index in [0.29, 0.717) is 0 Å². The lowest BCUT2D eigenvalue weighted by atomic mass is 10.4. The summed E-state index contributed by atoms with van der Waals surface area (Å²) >= 11 is 0. The van der Waals surface area contributed by atoms with E-state index in [1.165, 1.54) is 0 Å². The van der Waals surface area contributed by atoms with Crippen LogP contribution in [0.3, 0.4) is 0 Å². The van der Waals surface area contributed by atoms with Crippen molar-refractivity contribution < 1.29 is 9.47 Å². The first kappa shape index (κ1) is 6.78. The zero-order valence-electron chi connectivity index (χ0n) is 5.67. The summed E-state index contributed by atoms with van der Waals surface area (Å²) < 4.78 is 10.5. The molecule has 2 atom stereocenters. The second-order valence-corrected chi connectivity index (χ2v) is 2.23. The highest BCUT2D eigenvalue weighted by Gasteiger charge is 2.20. The molecule has 0 aliphatic carbocycles. The lowest BCUT2D eigenvalue weighted by molar-refractivity contribution is -0.0509. The maximum Gasteiger partial charge on any atom is 0.161 e. The van der Waals surface area contributed by atoms with Crippen molar-refractivity contribution in [3.63, 3.8) is 0 Å². The number of hydrogen-bond donors (Lipinski definition) is 0. The number of rotatable bonds is 2. The van der Waals surface area contributed by atoms with Crippen molar-refractivity contribution in [2.24, 2.45) is 0 Å². The van der Waals surface area contributed by atoms with Crippen LogP contribution >= 0.6 is 0 Å². The summed E-state index contributed by atoms with van der Waals surface area (Å²) in [6, 6.07) is 0. The molecule has 1 heterocycles. The van der Waals surface area contributed by atoms with Gasteiger partial charge < -0.3 is 9.47 Å². The molecule has 0 bridgehead atoms. The third kappa shape index (κ3) is 1.80. The van der Waals surface area contributed by atoms with Crippen LogP contribution in [0.2, 0.25) is 0 Å². The van der Waals surface area contributed by atoms with Crippen molar-refractivity contribution in [3.8, 4) is 0 Å². The van der Waals surface area contributed by atoms with E-state index in [0.717, 1.165) is 13.0 Å². The molecule has 0 spiro atoms. The van der Waals surface area contributed by atoms with Gasteiger partial charge in [-0.1, -0.05) is 6.08 Å². The van der Waals surface area contributed by atoms with E-state index >= 15 is 0 Å². The van der Waals surface area contributed by atoms with E-state index in [4.69, 9.17) is 9.47 Å². The minimum Gasteiger partial charge on any atom is -0.350 e. The molecule has 2 nitrogen and oxygen atoms in total. The van der Waals surface area contributed by atoms with Gasteiger partial charge in [0.1, 0.15) is 0 Å². The van der Waals surface area contributed by atoms with Crippen LogP contribution in [0.25, 0.3) is 0 Å². The fourth-order valence-corrected chi connectivity index (χ4v) is 0.840. The van der Waals surface area contributed by atoms with Gasteiger partial charge in [0.05, 0.1) is 12.7 Å². The van der Waals surface area contributed by atoms with E-state index in [1.54, 1.807) is 0 Å². The van der Waals surface area contributed by atoms with Crippen molar-refractivity contribution in [2.75, 3.05) is 6.61 Å². The minimum atomic E-state index is -0.0301. The Hall–Kier alpha value is -0.340. The third-order valence-corrected chi connectivity index (χ3v) is 1.26. The zero-order valence-corrected chi connectivity index (χ0v) is 5.67. The molecule has 0 aromatic carbocycles. The minimum absolute atomic E-state index is 0.0301. The standard InChI is InChI=1S/C7H12O2/c1-3-4-7-8-5-6(2)9-7/h3,6-7H,1,4-5H2,2H3. The highest BCUT2D eigenvalue weighted by atomic mass is 16.7. The molecular weight excluding hydrogens is 116 g/mol. The van der Waals surface area contributed by atoms with Gasteiger partial charge in [-0.2, -0.15) is 0 Å². The Bertz CT molecular complexity index is 101. The fraction of sp³-hybridized carbons (Fsp3) is 0.714. The smallest absolute Gasteiger partial charge is 0.161 e. The van der Waals surface area contributed by atoms with Crippen LogP contribution in [-0.2, 0) is 9.47 Å². The topological polar surface area (TPSA) is 18.5 Å². The molecule has 1 rings (SSSR count). The average Bonchev–Trinajstić information content (AvgIpc) is 2.17. The molecule has 2 unspecified atom stereocenters. The Balaban J connectivity index is 2.21. The molecule has 52 valence electrons. The predicted molar refractivity (Wildman–Crippen MR) is 35.1 cm³/mol. The number of ether oxygens (including phenoxy) is 2. The molecular formula is C7H12O2. The summed E-state index contributed by atoms with van der Waals surface area (Å²) in [5, 5.41) is 0. The van der Waals surface area contributed by atoms with Gasteiger partial charge in [0.15, 0.2) is 6.29 Å².